The van der Waals surface area contributed by atoms with Gasteiger partial charge in [0.05, 0.1) is 0 Å². The van der Waals surface area contributed by atoms with E-state index in [1.54, 1.807) is 0 Å². The Kier molecular flexibility index (Phi) is 5.10. The molecule has 0 bridgehead atoms. The molecule has 0 atom stereocenters. The van der Waals surface area contributed by atoms with Crippen LogP contribution in [0.25, 0.3) is 0 Å². The molecule has 1 amide bonds. The summed E-state index contributed by atoms with van der Waals surface area (Å²) in [6, 6.07) is 4.98. The number of hydrogen-bond donors (Lipinski definition) is 1. The highest BCUT2D eigenvalue weighted by Crippen LogP contribution is 2.35. The van der Waals surface area contributed by atoms with E-state index in [0.717, 1.165) is 6.07 Å². The highest BCUT2D eigenvalue weighted by molar-refractivity contribution is 6.67. The van der Waals surface area contributed by atoms with Crippen LogP contribution in [0.15, 0.2) is 24.3 Å². The van der Waals surface area contributed by atoms with E-state index in [4.69, 9.17) is 11.6 Å². The summed E-state index contributed by atoms with van der Waals surface area (Å²) in [6.45, 7) is -2.16. The molecule has 0 radical (unpaired) electrons. The summed E-state index contributed by atoms with van der Waals surface area (Å²) < 4.78 is 64.3. The SMILES string of the molecule is O=C(Nc1cccc(C(=O)Cl)c1)OCC(F)(F)C(F)(F)F. The third kappa shape index (κ3) is 4.85. The molecule has 116 valence electrons. The highest BCUT2D eigenvalue weighted by Gasteiger charge is 2.58. The fourth-order valence-corrected chi connectivity index (χ4v) is 1.23. The van der Waals surface area contributed by atoms with E-state index in [9.17, 15) is 31.5 Å². The summed E-state index contributed by atoms with van der Waals surface area (Å²) in [6.07, 6.45) is -7.35. The minimum atomic E-state index is -5.82. The van der Waals surface area contributed by atoms with E-state index in [1.165, 1.54) is 18.2 Å². The fraction of sp³-hybridized carbons (Fsp3) is 0.273. The zero-order valence-corrected chi connectivity index (χ0v) is 10.8. The van der Waals surface area contributed by atoms with Crippen molar-refractivity contribution >= 4 is 28.6 Å². The summed E-state index contributed by atoms with van der Waals surface area (Å²) in [5.41, 5.74) is -0.0584. The Morgan fingerprint density at radius 3 is 2.33 bits per heavy atom. The topological polar surface area (TPSA) is 55.4 Å². The van der Waals surface area contributed by atoms with Gasteiger partial charge in [0.1, 0.15) is 0 Å². The highest BCUT2D eigenvalue weighted by atomic mass is 35.5. The first-order valence-corrected chi connectivity index (χ1v) is 5.59. The largest absolute Gasteiger partial charge is 0.456 e. The molecule has 0 aromatic heterocycles. The quantitative estimate of drug-likeness (QED) is 0.674. The van der Waals surface area contributed by atoms with Gasteiger partial charge in [0.15, 0.2) is 6.61 Å². The standard InChI is InChI=1S/C11H7ClF5NO3/c12-8(19)6-2-1-3-7(4-6)18-9(20)21-5-10(13,14)11(15,16)17/h1-4H,5H2,(H,18,20). The first-order valence-electron chi connectivity index (χ1n) is 5.21. The Balaban J connectivity index is 2.63. The zero-order valence-electron chi connectivity index (χ0n) is 10.0. The van der Waals surface area contributed by atoms with Crippen molar-refractivity contribution in [2.75, 3.05) is 11.9 Å². The predicted octanol–water partition coefficient (Wildman–Crippen LogP) is 3.81. The van der Waals surface area contributed by atoms with Crippen molar-refractivity contribution in [3.63, 3.8) is 0 Å². The number of alkyl halides is 5. The number of nitrogens with one attached hydrogen (secondary N) is 1. The Bertz CT molecular complexity index is 547. The normalized spacial score (nSPS) is 11.9. The average molecular weight is 332 g/mol. The second-order valence-electron chi connectivity index (χ2n) is 3.76. The van der Waals surface area contributed by atoms with Crippen LogP contribution in [0.4, 0.5) is 32.4 Å². The maximum atomic E-state index is 12.5. The van der Waals surface area contributed by atoms with Crippen molar-refractivity contribution in [3.8, 4) is 0 Å². The maximum absolute atomic E-state index is 12.5. The monoisotopic (exact) mass is 331 g/mol. The Morgan fingerprint density at radius 1 is 1.19 bits per heavy atom. The summed E-state index contributed by atoms with van der Waals surface area (Å²) in [5, 5.41) is 1.05. The van der Waals surface area contributed by atoms with E-state index in [-0.39, 0.29) is 11.3 Å². The van der Waals surface area contributed by atoms with Gasteiger partial charge in [0.25, 0.3) is 5.24 Å². The minimum absolute atomic E-state index is 0.00455. The van der Waals surface area contributed by atoms with Gasteiger partial charge in [-0.2, -0.15) is 22.0 Å². The number of carbonyl (C=O) groups excluding carboxylic acids is 2. The minimum Gasteiger partial charge on any atom is -0.442 e. The van der Waals surface area contributed by atoms with Crippen LogP contribution in [0.5, 0.6) is 0 Å². The van der Waals surface area contributed by atoms with Crippen LogP contribution in [0.2, 0.25) is 0 Å². The molecule has 4 nitrogen and oxygen atoms in total. The molecule has 0 aliphatic rings. The van der Waals surface area contributed by atoms with E-state index in [2.05, 4.69) is 4.74 Å². The van der Waals surface area contributed by atoms with Crippen LogP contribution >= 0.6 is 11.6 Å². The molecular formula is C11H7ClF5NO3. The molecule has 1 N–H and O–H groups in total. The van der Waals surface area contributed by atoms with Crippen LogP contribution in [-0.2, 0) is 4.74 Å². The summed E-state index contributed by atoms with van der Waals surface area (Å²) in [5.74, 6) is -5.15. The lowest BCUT2D eigenvalue weighted by Crippen LogP contribution is -2.41. The second kappa shape index (κ2) is 6.25. The molecule has 10 heteroatoms. The lowest BCUT2D eigenvalue weighted by molar-refractivity contribution is -0.291. The first-order chi connectivity index (χ1) is 9.53. The average Bonchev–Trinajstić information content (AvgIpc) is 2.35. The first kappa shape index (κ1) is 17.2. The number of amides is 1. The van der Waals surface area contributed by atoms with Gasteiger partial charge >= 0.3 is 18.2 Å². The molecule has 0 aliphatic carbocycles. The molecule has 1 aromatic rings. The van der Waals surface area contributed by atoms with Crippen LogP contribution in [0, 0.1) is 0 Å². The fourth-order valence-electron chi connectivity index (χ4n) is 1.11. The third-order valence-corrected chi connectivity index (χ3v) is 2.35. The van der Waals surface area contributed by atoms with Crippen molar-refractivity contribution in [1.82, 2.24) is 0 Å². The van der Waals surface area contributed by atoms with E-state index in [1.807, 2.05) is 5.32 Å². The lowest BCUT2D eigenvalue weighted by atomic mass is 10.2. The molecule has 0 saturated heterocycles. The number of hydrogen-bond acceptors (Lipinski definition) is 3. The molecule has 0 saturated carbocycles. The van der Waals surface area contributed by atoms with Crippen molar-refractivity contribution < 1.29 is 36.3 Å². The lowest BCUT2D eigenvalue weighted by Gasteiger charge is -2.19. The maximum Gasteiger partial charge on any atom is 0.456 e. The molecule has 1 rings (SSSR count). The van der Waals surface area contributed by atoms with Crippen molar-refractivity contribution in [2.45, 2.75) is 12.1 Å². The zero-order chi connectivity index (χ0) is 16.3. The Hall–Kier alpha value is -1.90. The van der Waals surface area contributed by atoms with E-state index in [0.29, 0.717) is 0 Å². The van der Waals surface area contributed by atoms with Crippen LogP contribution in [0.1, 0.15) is 10.4 Å². The number of carbonyl (C=O) groups is 2. The smallest absolute Gasteiger partial charge is 0.442 e. The third-order valence-electron chi connectivity index (χ3n) is 2.14. The summed E-state index contributed by atoms with van der Waals surface area (Å²) >= 11 is 5.18. The van der Waals surface area contributed by atoms with Gasteiger partial charge in [-0.15, -0.1) is 0 Å². The Morgan fingerprint density at radius 2 is 1.81 bits per heavy atom. The van der Waals surface area contributed by atoms with E-state index >= 15 is 0 Å². The molecule has 21 heavy (non-hydrogen) atoms. The van der Waals surface area contributed by atoms with Crippen molar-refractivity contribution in [3.05, 3.63) is 29.8 Å². The number of anilines is 1. The van der Waals surface area contributed by atoms with Gasteiger partial charge in [-0.1, -0.05) is 6.07 Å². The van der Waals surface area contributed by atoms with Gasteiger partial charge < -0.3 is 4.74 Å². The molecular weight excluding hydrogens is 325 g/mol. The van der Waals surface area contributed by atoms with Crippen molar-refractivity contribution in [1.29, 1.82) is 0 Å². The molecule has 0 fully saturated rings. The molecule has 0 aliphatic heterocycles. The summed E-state index contributed by atoms with van der Waals surface area (Å²) in [7, 11) is 0. The summed E-state index contributed by atoms with van der Waals surface area (Å²) in [4.78, 5) is 22.0. The molecule has 0 heterocycles. The van der Waals surface area contributed by atoms with Crippen LogP contribution < -0.4 is 5.32 Å². The van der Waals surface area contributed by atoms with Crippen LogP contribution in [-0.4, -0.2) is 30.0 Å². The van der Waals surface area contributed by atoms with Crippen LogP contribution in [0.3, 0.4) is 0 Å². The van der Waals surface area contributed by atoms with Gasteiger partial charge in [0, 0.05) is 11.3 Å². The predicted molar refractivity (Wildman–Crippen MR) is 62.6 cm³/mol. The van der Waals surface area contributed by atoms with Gasteiger partial charge in [-0.25, -0.2) is 4.79 Å². The molecule has 0 spiro atoms. The van der Waals surface area contributed by atoms with Gasteiger partial charge in [-0.3, -0.25) is 10.1 Å². The number of halogens is 6. The molecule has 0 unspecified atom stereocenters. The second-order valence-corrected chi connectivity index (χ2v) is 4.10. The van der Waals surface area contributed by atoms with Gasteiger partial charge in [0.2, 0.25) is 0 Å². The van der Waals surface area contributed by atoms with E-state index < -0.39 is 30.0 Å². The number of rotatable bonds is 4. The number of benzene rings is 1. The molecule has 1 aromatic carbocycles. The Labute approximate surface area is 119 Å². The van der Waals surface area contributed by atoms with Crippen molar-refractivity contribution in [2.24, 2.45) is 0 Å². The van der Waals surface area contributed by atoms with Gasteiger partial charge in [-0.05, 0) is 29.8 Å². The number of ether oxygens (including phenoxy) is 1.